The van der Waals surface area contributed by atoms with E-state index >= 15 is 0 Å². The summed E-state index contributed by atoms with van der Waals surface area (Å²) in [6.45, 7) is 5.47. The van der Waals surface area contributed by atoms with Crippen molar-refractivity contribution in [1.82, 2.24) is 5.32 Å². The third kappa shape index (κ3) is 2.45. The highest BCUT2D eigenvalue weighted by Gasteiger charge is 2.29. The summed E-state index contributed by atoms with van der Waals surface area (Å²) in [5.41, 5.74) is 3.38. The summed E-state index contributed by atoms with van der Waals surface area (Å²) in [7, 11) is 0. The molecule has 0 aliphatic carbocycles. The van der Waals surface area contributed by atoms with Gasteiger partial charge in [-0.15, -0.1) is 0 Å². The molecule has 1 unspecified atom stereocenters. The number of hydrogen-bond acceptors (Lipinski definition) is 3. The molecule has 94 valence electrons. The molecule has 1 heterocycles. The zero-order valence-electron chi connectivity index (χ0n) is 10.7. The van der Waals surface area contributed by atoms with E-state index in [-0.39, 0.29) is 18.4 Å². The van der Waals surface area contributed by atoms with E-state index in [9.17, 15) is 4.79 Å². The number of hydrogen-bond donors (Lipinski definition) is 1. The van der Waals surface area contributed by atoms with Crippen molar-refractivity contribution in [3.05, 3.63) is 29.3 Å². The number of benzene rings is 1. The van der Waals surface area contributed by atoms with Crippen LogP contribution in [0.1, 0.15) is 17.5 Å². The fourth-order valence-electron chi connectivity index (χ4n) is 2.43. The van der Waals surface area contributed by atoms with Gasteiger partial charge in [0.25, 0.3) is 0 Å². The molecule has 0 radical (unpaired) electrons. The summed E-state index contributed by atoms with van der Waals surface area (Å²) in [6.07, 6.45) is 0.221. The van der Waals surface area contributed by atoms with Gasteiger partial charge in [-0.3, -0.25) is 4.79 Å². The molecule has 1 saturated heterocycles. The van der Waals surface area contributed by atoms with Gasteiger partial charge in [0, 0.05) is 18.8 Å². The Morgan fingerprint density at radius 1 is 1.39 bits per heavy atom. The van der Waals surface area contributed by atoms with Gasteiger partial charge in [0.1, 0.15) is 6.04 Å². The van der Waals surface area contributed by atoms with Gasteiger partial charge in [-0.1, -0.05) is 6.07 Å². The Morgan fingerprint density at radius 2 is 2.06 bits per heavy atom. The molecule has 4 heteroatoms. The van der Waals surface area contributed by atoms with E-state index in [0.717, 1.165) is 12.2 Å². The van der Waals surface area contributed by atoms with Crippen LogP contribution in [0.5, 0.6) is 0 Å². The number of aryl methyl sites for hydroxylation is 2. The molecule has 1 aliphatic rings. The molecule has 0 bridgehead atoms. The zero-order chi connectivity index (χ0) is 13.1. The van der Waals surface area contributed by atoms with E-state index in [1.54, 1.807) is 0 Å². The van der Waals surface area contributed by atoms with Crippen molar-refractivity contribution in [2.75, 3.05) is 18.0 Å². The van der Waals surface area contributed by atoms with Crippen LogP contribution < -0.4 is 10.2 Å². The maximum atomic E-state index is 11.8. The number of rotatable bonds is 2. The first-order valence-corrected chi connectivity index (χ1v) is 6.11. The lowest BCUT2D eigenvalue weighted by molar-refractivity contribution is -0.123. The topological polar surface area (TPSA) is 56.1 Å². The van der Waals surface area contributed by atoms with Crippen LogP contribution >= 0.6 is 0 Å². The lowest BCUT2D eigenvalue weighted by Crippen LogP contribution is -2.55. The molecule has 1 amide bonds. The smallest absolute Gasteiger partial charge is 0.243 e. The molecule has 0 saturated carbocycles. The van der Waals surface area contributed by atoms with Crippen molar-refractivity contribution in [2.45, 2.75) is 26.3 Å². The first-order valence-electron chi connectivity index (χ1n) is 6.11. The van der Waals surface area contributed by atoms with Crippen molar-refractivity contribution in [3.63, 3.8) is 0 Å². The minimum absolute atomic E-state index is 0.0537. The summed E-state index contributed by atoms with van der Waals surface area (Å²) < 4.78 is 0. The Hall–Kier alpha value is -2.02. The number of nitrogens with zero attached hydrogens (tertiary/aromatic N) is 2. The van der Waals surface area contributed by atoms with Crippen molar-refractivity contribution in [1.29, 1.82) is 5.26 Å². The van der Waals surface area contributed by atoms with Crippen molar-refractivity contribution >= 4 is 11.6 Å². The minimum atomic E-state index is -0.370. The summed E-state index contributed by atoms with van der Waals surface area (Å²) in [4.78, 5) is 13.9. The van der Waals surface area contributed by atoms with Gasteiger partial charge >= 0.3 is 0 Å². The Labute approximate surface area is 107 Å². The third-order valence-electron chi connectivity index (χ3n) is 3.15. The standard InChI is InChI=1S/C14H17N3O/c1-10-7-11(2)9-12(8-10)17-6-5-16-14(18)13(17)3-4-15/h7-9,13H,3,5-6H2,1-2H3,(H,16,18). The third-order valence-corrected chi connectivity index (χ3v) is 3.15. The molecule has 1 aromatic rings. The monoisotopic (exact) mass is 243 g/mol. The average molecular weight is 243 g/mol. The Bertz CT molecular complexity index is 484. The lowest BCUT2D eigenvalue weighted by Gasteiger charge is -2.36. The SMILES string of the molecule is Cc1cc(C)cc(N2CCNC(=O)C2CC#N)c1. The number of amides is 1. The minimum Gasteiger partial charge on any atom is -0.357 e. The highest BCUT2D eigenvalue weighted by molar-refractivity contribution is 5.86. The Kier molecular flexibility index (Phi) is 3.52. The van der Waals surface area contributed by atoms with Gasteiger partial charge in [0.05, 0.1) is 12.5 Å². The molecule has 1 fully saturated rings. The first kappa shape index (κ1) is 12.4. The number of nitrogens with one attached hydrogen (secondary N) is 1. The predicted octanol–water partition coefficient (Wildman–Crippen LogP) is 1.52. The molecule has 1 aromatic carbocycles. The zero-order valence-corrected chi connectivity index (χ0v) is 10.7. The number of carbonyl (C=O) groups excluding carboxylic acids is 1. The van der Waals surface area contributed by atoms with E-state index in [2.05, 4.69) is 29.6 Å². The first-order chi connectivity index (χ1) is 8.61. The van der Waals surface area contributed by atoms with Gasteiger partial charge in [0.15, 0.2) is 0 Å². The van der Waals surface area contributed by atoms with Crippen LogP contribution in [0.3, 0.4) is 0 Å². The van der Waals surface area contributed by atoms with E-state index in [1.165, 1.54) is 11.1 Å². The number of anilines is 1. The highest BCUT2D eigenvalue weighted by atomic mass is 16.2. The van der Waals surface area contributed by atoms with Crippen molar-refractivity contribution in [2.24, 2.45) is 0 Å². The lowest BCUT2D eigenvalue weighted by atomic mass is 10.1. The number of carbonyl (C=O) groups is 1. The van der Waals surface area contributed by atoms with Crippen LogP contribution in [-0.4, -0.2) is 25.0 Å². The fourth-order valence-corrected chi connectivity index (χ4v) is 2.43. The largest absolute Gasteiger partial charge is 0.357 e. The highest BCUT2D eigenvalue weighted by Crippen LogP contribution is 2.23. The van der Waals surface area contributed by atoms with E-state index in [1.807, 2.05) is 18.7 Å². The molecule has 1 atom stereocenters. The molecule has 18 heavy (non-hydrogen) atoms. The summed E-state index contributed by atoms with van der Waals surface area (Å²) in [6, 6.07) is 7.96. The molecule has 4 nitrogen and oxygen atoms in total. The molecule has 1 aliphatic heterocycles. The van der Waals surface area contributed by atoms with E-state index in [4.69, 9.17) is 5.26 Å². The van der Waals surface area contributed by atoms with Crippen LogP contribution in [0, 0.1) is 25.2 Å². The van der Waals surface area contributed by atoms with Gasteiger partial charge in [-0.05, 0) is 37.1 Å². The van der Waals surface area contributed by atoms with Crippen LogP contribution in [-0.2, 0) is 4.79 Å². The number of nitriles is 1. The Balaban J connectivity index is 2.34. The molecule has 0 aromatic heterocycles. The molecule has 1 N–H and O–H groups in total. The summed E-state index contributed by atoms with van der Waals surface area (Å²) in [5.74, 6) is -0.0537. The molecule has 2 rings (SSSR count). The van der Waals surface area contributed by atoms with Crippen molar-refractivity contribution in [3.8, 4) is 6.07 Å². The van der Waals surface area contributed by atoms with Crippen LogP contribution in [0.4, 0.5) is 5.69 Å². The molecular weight excluding hydrogens is 226 g/mol. The maximum Gasteiger partial charge on any atom is 0.243 e. The van der Waals surface area contributed by atoms with Crippen molar-refractivity contribution < 1.29 is 4.79 Å². The number of piperazine rings is 1. The molecule has 0 spiro atoms. The van der Waals surface area contributed by atoms with Crippen LogP contribution in [0.2, 0.25) is 0 Å². The quantitative estimate of drug-likeness (QED) is 0.856. The summed E-state index contributed by atoms with van der Waals surface area (Å²) >= 11 is 0. The van der Waals surface area contributed by atoms with Gasteiger partial charge in [-0.2, -0.15) is 5.26 Å². The second-order valence-corrected chi connectivity index (χ2v) is 4.71. The normalized spacial score (nSPS) is 19.3. The second kappa shape index (κ2) is 5.09. The van der Waals surface area contributed by atoms with Crippen LogP contribution in [0.15, 0.2) is 18.2 Å². The second-order valence-electron chi connectivity index (χ2n) is 4.71. The van der Waals surface area contributed by atoms with E-state index < -0.39 is 0 Å². The van der Waals surface area contributed by atoms with Gasteiger partial charge < -0.3 is 10.2 Å². The van der Waals surface area contributed by atoms with Gasteiger partial charge in [-0.25, -0.2) is 0 Å². The van der Waals surface area contributed by atoms with Crippen LogP contribution in [0.25, 0.3) is 0 Å². The van der Waals surface area contributed by atoms with Gasteiger partial charge in [0.2, 0.25) is 5.91 Å². The summed E-state index contributed by atoms with van der Waals surface area (Å²) in [5, 5.41) is 11.7. The predicted molar refractivity (Wildman–Crippen MR) is 70.3 cm³/mol. The average Bonchev–Trinajstić information content (AvgIpc) is 2.30. The fraction of sp³-hybridized carbons (Fsp3) is 0.429. The maximum absolute atomic E-state index is 11.8. The van der Waals surface area contributed by atoms with E-state index in [0.29, 0.717) is 6.54 Å². The molecular formula is C14H17N3O. The Morgan fingerprint density at radius 3 is 2.67 bits per heavy atom.